The summed E-state index contributed by atoms with van der Waals surface area (Å²) in [5, 5.41) is 4.97. The highest BCUT2D eigenvalue weighted by Gasteiger charge is 2.22. The standard InChI is InChI=1S/C53H35N3/c1-4-16-36(17-5-1)38-28-30-41(31-29-38)55-48-26-14-11-23-43(48)52-50(55)32-33-51-53(52)44-24-12-15-27-49(44)56(51)47-25-13-10-22-42(47)46-35-40(37-18-6-2-7-19-37)34-45(54-46)39-20-8-3-9-21-39/h1-35H. The molecule has 0 fully saturated rings. The van der Waals surface area contributed by atoms with Gasteiger partial charge in [-0.2, -0.15) is 0 Å². The van der Waals surface area contributed by atoms with E-state index in [0.29, 0.717) is 0 Å². The third-order valence-electron chi connectivity index (χ3n) is 11.1. The summed E-state index contributed by atoms with van der Waals surface area (Å²) in [5.41, 5.74) is 15.7. The summed E-state index contributed by atoms with van der Waals surface area (Å²) in [6, 6.07) is 76.1. The summed E-state index contributed by atoms with van der Waals surface area (Å²) in [4.78, 5) is 5.37. The first-order chi connectivity index (χ1) is 27.8. The molecule has 0 saturated heterocycles. The molecule has 0 unspecified atom stereocenters. The number of aromatic nitrogens is 3. The van der Waals surface area contributed by atoms with Crippen LogP contribution in [-0.4, -0.2) is 14.1 Å². The molecule has 3 nitrogen and oxygen atoms in total. The minimum Gasteiger partial charge on any atom is -0.309 e. The van der Waals surface area contributed by atoms with Gasteiger partial charge in [0.15, 0.2) is 0 Å². The molecular formula is C53H35N3. The topological polar surface area (TPSA) is 22.8 Å². The monoisotopic (exact) mass is 713 g/mol. The molecule has 262 valence electrons. The van der Waals surface area contributed by atoms with Crippen LogP contribution >= 0.6 is 0 Å². The van der Waals surface area contributed by atoms with Gasteiger partial charge in [0.25, 0.3) is 0 Å². The molecule has 3 heteroatoms. The zero-order valence-corrected chi connectivity index (χ0v) is 30.5. The van der Waals surface area contributed by atoms with Crippen LogP contribution in [-0.2, 0) is 0 Å². The molecule has 3 aromatic heterocycles. The Kier molecular flexibility index (Phi) is 7.49. The van der Waals surface area contributed by atoms with Gasteiger partial charge in [-0.1, -0.05) is 158 Å². The molecule has 0 bridgehead atoms. The average Bonchev–Trinajstić information content (AvgIpc) is 3.80. The Morgan fingerprint density at radius 2 is 0.768 bits per heavy atom. The maximum atomic E-state index is 5.37. The van der Waals surface area contributed by atoms with Crippen molar-refractivity contribution >= 4 is 43.6 Å². The van der Waals surface area contributed by atoms with Crippen molar-refractivity contribution in [2.24, 2.45) is 0 Å². The van der Waals surface area contributed by atoms with Gasteiger partial charge < -0.3 is 9.13 Å². The van der Waals surface area contributed by atoms with E-state index >= 15 is 0 Å². The minimum atomic E-state index is 0.934. The van der Waals surface area contributed by atoms with Gasteiger partial charge in [-0.3, -0.25) is 0 Å². The lowest BCUT2D eigenvalue weighted by Gasteiger charge is -2.16. The van der Waals surface area contributed by atoms with Crippen LogP contribution in [0.25, 0.3) is 99.8 Å². The number of benzene rings is 8. The van der Waals surface area contributed by atoms with Gasteiger partial charge in [0.1, 0.15) is 0 Å². The van der Waals surface area contributed by atoms with Crippen molar-refractivity contribution in [3.8, 4) is 56.1 Å². The molecular weight excluding hydrogens is 679 g/mol. The number of rotatable bonds is 6. The lowest BCUT2D eigenvalue weighted by molar-refractivity contribution is 1.17. The first-order valence-corrected chi connectivity index (χ1v) is 19.1. The van der Waals surface area contributed by atoms with Crippen molar-refractivity contribution in [3.63, 3.8) is 0 Å². The predicted octanol–water partition coefficient (Wildman–Crippen LogP) is 13.9. The second-order valence-corrected chi connectivity index (χ2v) is 14.3. The highest BCUT2D eigenvalue weighted by atomic mass is 15.0. The van der Waals surface area contributed by atoms with E-state index in [0.717, 1.165) is 56.0 Å². The third kappa shape index (κ3) is 5.17. The second-order valence-electron chi connectivity index (χ2n) is 14.3. The Bertz CT molecular complexity index is 3150. The van der Waals surface area contributed by atoms with Gasteiger partial charge in [0.05, 0.1) is 39.1 Å². The molecule has 0 aliphatic heterocycles. The fraction of sp³-hybridized carbons (Fsp3) is 0. The molecule has 11 rings (SSSR count). The Labute approximate surface area is 325 Å². The van der Waals surface area contributed by atoms with Crippen LogP contribution in [0.15, 0.2) is 212 Å². The van der Waals surface area contributed by atoms with Crippen LogP contribution in [0.1, 0.15) is 0 Å². The molecule has 0 aliphatic carbocycles. The molecule has 11 aromatic rings. The van der Waals surface area contributed by atoms with Crippen molar-refractivity contribution in [3.05, 3.63) is 212 Å². The molecule has 0 radical (unpaired) electrons. The van der Waals surface area contributed by atoms with Crippen molar-refractivity contribution in [2.45, 2.75) is 0 Å². The van der Waals surface area contributed by atoms with Crippen molar-refractivity contribution < 1.29 is 0 Å². The molecule has 0 amide bonds. The van der Waals surface area contributed by atoms with Crippen LogP contribution in [0.2, 0.25) is 0 Å². The number of hydrogen-bond donors (Lipinski definition) is 0. The summed E-state index contributed by atoms with van der Waals surface area (Å²) in [7, 11) is 0. The van der Waals surface area contributed by atoms with Crippen LogP contribution in [0.4, 0.5) is 0 Å². The van der Waals surface area contributed by atoms with E-state index in [2.05, 4.69) is 221 Å². The molecule has 0 aliphatic rings. The number of pyridine rings is 1. The van der Waals surface area contributed by atoms with Crippen LogP contribution in [0.5, 0.6) is 0 Å². The van der Waals surface area contributed by atoms with E-state index in [1.807, 2.05) is 0 Å². The molecule has 0 N–H and O–H groups in total. The average molecular weight is 714 g/mol. The van der Waals surface area contributed by atoms with E-state index in [9.17, 15) is 0 Å². The van der Waals surface area contributed by atoms with Gasteiger partial charge in [0.2, 0.25) is 0 Å². The fourth-order valence-corrected chi connectivity index (χ4v) is 8.60. The summed E-state index contributed by atoms with van der Waals surface area (Å²) >= 11 is 0. The summed E-state index contributed by atoms with van der Waals surface area (Å²) < 4.78 is 4.86. The maximum Gasteiger partial charge on any atom is 0.0736 e. The Hall–Kier alpha value is -7.49. The predicted molar refractivity (Wildman–Crippen MR) is 235 cm³/mol. The lowest BCUT2D eigenvalue weighted by Crippen LogP contribution is -1.99. The third-order valence-corrected chi connectivity index (χ3v) is 11.1. The second kappa shape index (κ2) is 13.1. The molecule has 0 spiro atoms. The Morgan fingerprint density at radius 3 is 1.41 bits per heavy atom. The SMILES string of the molecule is c1ccc(-c2ccc(-n3c4ccccc4c4c5c6ccccc6n(-c6ccccc6-c6cc(-c7ccccc7)cc(-c7ccccc7)n6)c5ccc43)cc2)cc1. The Morgan fingerprint density at radius 1 is 0.304 bits per heavy atom. The highest BCUT2D eigenvalue weighted by Crippen LogP contribution is 2.44. The number of nitrogens with zero attached hydrogens (tertiary/aromatic N) is 3. The van der Waals surface area contributed by atoms with E-state index in [-0.39, 0.29) is 0 Å². The van der Waals surface area contributed by atoms with Gasteiger partial charge in [-0.15, -0.1) is 0 Å². The van der Waals surface area contributed by atoms with E-state index < -0.39 is 0 Å². The zero-order chi connectivity index (χ0) is 37.0. The van der Waals surface area contributed by atoms with Gasteiger partial charge >= 0.3 is 0 Å². The normalized spacial score (nSPS) is 11.6. The van der Waals surface area contributed by atoms with Crippen molar-refractivity contribution in [1.29, 1.82) is 0 Å². The molecule has 56 heavy (non-hydrogen) atoms. The molecule has 8 aromatic carbocycles. The number of hydrogen-bond acceptors (Lipinski definition) is 1. The van der Waals surface area contributed by atoms with E-state index in [4.69, 9.17) is 4.98 Å². The van der Waals surface area contributed by atoms with Crippen LogP contribution < -0.4 is 0 Å². The first kappa shape index (κ1) is 32.0. The smallest absolute Gasteiger partial charge is 0.0736 e. The molecule has 0 atom stereocenters. The van der Waals surface area contributed by atoms with Crippen molar-refractivity contribution in [2.75, 3.05) is 0 Å². The summed E-state index contributed by atoms with van der Waals surface area (Å²) in [6.45, 7) is 0. The quantitative estimate of drug-likeness (QED) is 0.168. The van der Waals surface area contributed by atoms with Gasteiger partial charge in [0, 0.05) is 38.4 Å². The largest absolute Gasteiger partial charge is 0.309 e. The number of fused-ring (bicyclic) bond motifs is 7. The zero-order valence-electron chi connectivity index (χ0n) is 30.5. The lowest BCUT2D eigenvalue weighted by atomic mass is 9.99. The van der Waals surface area contributed by atoms with Crippen molar-refractivity contribution in [1.82, 2.24) is 14.1 Å². The Balaban J connectivity index is 1.16. The molecule has 0 saturated carbocycles. The van der Waals surface area contributed by atoms with Crippen LogP contribution in [0.3, 0.4) is 0 Å². The fourth-order valence-electron chi connectivity index (χ4n) is 8.60. The van der Waals surface area contributed by atoms with E-state index in [1.54, 1.807) is 0 Å². The highest BCUT2D eigenvalue weighted by molar-refractivity contribution is 6.29. The van der Waals surface area contributed by atoms with Gasteiger partial charge in [-0.05, 0) is 76.9 Å². The van der Waals surface area contributed by atoms with Gasteiger partial charge in [-0.25, -0.2) is 4.98 Å². The summed E-state index contributed by atoms with van der Waals surface area (Å²) in [6.07, 6.45) is 0. The maximum absolute atomic E-state index is 5.37. The van der Waals surface area contributed by atoms with E-state index in [1.165, 1.54) is 43.7 Å². The first-order valence-electron chi connectivity index (χ1n) is 19.1. The minimum absolute atomic E-state index is 0.934. The van der Waals surface area contributed by atoms with Crippen LogP contribution in [0, 0.1) is 0 Å². The number of para-hydroxylation sites is 3. The molecule has 3 heterocycles. The summed E-state index contributed by atoms with van der Waals surface area (Å²) in [5.74, 6) is 0.